The van der Waals surface area contributed by atoms with Crippen molar-refractivity contribution in [3.63, 3.8) is 0 Å². The molecule has 0 fully saturated rings. The summed E-state index contributed by atoms with van der Waals surface area (Å²) in [6.07, 6.45) is -4.48. The first kappa shape index (κ1) is 15.3. The zero-order valence-corrected chi connectivity index (χ0v) is 10.8. The molecule has 0 radical (unpaired) electrons. The van der Waals surface area contributed by atoms with E-state index >= 15 is 0 Å². The van der Waals surface area contributed by atoms with Crippen LogP contribution < -0.4 is 5.32 Å². The van der Waals surface area contributed by atoms with Gasteiger partial charge in [-0.05, 0) is 39.0 Å². The molecule has 6 heteroatoms. The van der Waals surface area contributed by atoms with E-state index in [0.29, 0.717) is 0 Å². The molecule has 2 N–H and O–H groups in total. The van der Waals surface area contributed by atoms with Crippen molar-refractivity contribution in [3.05, 3.63) is 29.3 Å². The highest BCUT2D eigenvalue weighted by molar-refractivity contribution is 5.59. The molecule has 0 amide bonds. The summed E-state index contributed by atoms with van der Waals surface area (Å²) in [5.74, 6) is 0. The number of nitriles is 1. The Bertz CT molecular complexity index is 498. The first-order valence-electron chi connectivity index (χ1n) is 5.66. The maximum absolute atomic E-state index is 12.5. The van der Waals surface area contributed by atoms with Crippen molar-refractivity contribution < 1.29 is 18.3 Å². The van der Waals surface area contributed by atoms with Gasteiger partial charge in [-0.15, -0.1) is 0 Å². The van der Waals surface area contributed by atoms with Crippen LogP contribution in [0.2, 0.25) is 0 Å². The first-order valence-corrected chi connectivity index (χ1v) is 5.66. The lowest BCUT2D eigenvalue weighted by atomic mass is 9.99. The topological polar surface area (TPSA) is 56.0 Å². The van der Waals surface area contributed by atoms with Gasteiger partial charge in [0.25, 0.3) is 0 Å². The van der Waals surface area contributed by atoms with Crippen molar-refractivity contribution in [3.8, 4) is 6.07 Å². The van der Waals surface area contributed by atoms with Crippen LogP contribution in [0.3, 0.4) is 0 Å². The van der Waals surface area contributed by atoms with Crippen LogP contribution in [0.1, 0.15) is 31.9 Å². The molecule has 0 heterocycles. The Labute approximate surface area is 109 Å². The third-order valence-corrected chi connectivity index (χ3v) is 2.90. The third-order valence-electron chi connectivity index (χ3n) is 2.90. The molecule has 19 heavy (non-hydrogen) atoms. The van der Waals surface area contributed by atoms with Gasteiger partial charge in [0.2, 0.25) is 0 Å². The van der Waals surface area contributed by atoms with Crippen molar-refractivity contribution >= 4 is 5.69 Å². The lowest BCUT2D eigenvalue weighted by Crippen LogP contribution is -2.39. The largest absolute Gasteiger partial charge is 0.416 e. The summed E-state index contributed by atoms with van der Waals surface area (Å²) in [6.45, 7) is 4.82. The molecule has 0 bridgehead atoms. The number of aliphatic hydroxyl groups is 1. The molecular weight excluding hydrogens is 257 g/mol. The molecule has 3 nitrogen and oxygen atoms in total. The van der Waals surface area contributed by atoms with Crippen LogP contribution in [-0.2, 0) is 6.18 Å². The van der Waals surface area contributed by atoms with Crippen molar-refractivity contribution in [2.24, 2.45) is 0 Å². The molecule has 1 aromatic carbocycles. The van der Waals surface area contributed by atoms with Gasteiger partial charge in [0.05, 0.1) is 28.5 Å². The van der Waals surface area contributed by atoms with Gasteiger partial charge < -0.3 is 10.4 Å². The fraction of sp³-hybridized carbons (Fsp3) is 0.462. The van der Waals surface area contributed by atoms with E-state index < -0.39 is 23.4 Å². The monoisotopic (exact) mass is 272 g/mol. The average Bonchev–Trinajstić information content (AvgIpc) is 2.26. The SMILES string of the molecule is CC(Nc1ccc(C(F)(F)F)cc1C#N)C(C)(C)O. The molecule has 1 aromatic rings. The smallest absolute Gasteiger partial charge is 0.388 e. The summed E-state index contributed by atoms with van der Waals surface area (Å²) < 4.78 is 37.6. The molecule has 0 spiro atoms. The van der Waals surface area contributed by atoms with Crippen molar-refractivity contribution in [1.29, 1.82) is 5.26 Å². The number of hydrogen-bond acceptors (Lipinski definition) is 3. The van der Waals surface area contributed by atoms with Crippen molar-refractivity contribution in [2.45, 2.75) is 38.6 Å². The summed E-state index contributed by atoms with van der Waals surface area (Å²) in [5.41, 5.74) is -1.77. The fourth-order valence-electron chi connectivity index (χ4n) is 1.35. The van der Waals surface area contributed by atoms with Crippen LogP contribution in [-0.4, -0.2) is 16.7 Å². The molecule has 0 saturated carbocycles. The van der Waals surface area contributed by atoms with Crippen LogP contribution >= 0.6 is 0 Å². The number of hydrogen-bond donors (Lipinski definition) is 2. The minimum absolute atomic E-state index is 0.106. The van der Waals surface area contributed by atoms with Gasteiger partial charge >= 0.3 is 6.18 Å². The van der Waals surface area contributed by atoms with Crippen LogP contribution in [0.5, 0.6) is 0 Å². The van der Waals surface area contributed by atoms with Crippen molar-refractivity contribution in [2.75, 3.05) is 5.32 Å². The van der Waals surface area contributed by atoms with Crippen molar-refractivity contribution in [1.82, 2.24) is 0 Å². The highest BCUT2D eigenvalue weighted by Gasteiger charge is 2.31. The van der Waals surface area contributed by atoms with E-state index in [1.807, 2.05) is 0 Å². The van der Waals surface area contributed by atoms with Crippen LogP contribution in [0.15, 0.2) is 18.2 Å². The Balaban J connectivity index is 3.08. The predicted molar refractivity (Wildman–Crippen MR) is 65.5 cm³/mol. The number of alkyl halides is 3. The predicted octanol–water partition coefficient (Wildman–Crippen LogP) is 3.15. The fourth-order valence-corrected chi connectivity index (χ4v) is 1.35. The zero-order chi connectivity index (χ0) is 14.8. The normalized spacial score (nSPS) is 13.8. The number of halogens is 3. The first-order chi connectivity index (χ1) is 8.55. The minimum Gasteiger partial charge on any atom is -0.388 e. The van der Waals surface area contributed by atoms with E-state index in [9.17, 15) is 18.3 Å². The Morgan fingerprint density at radius 3 is 2.32 bits per heavy atom. The summed E-state index contributed by atoms with van der Waals surface area (Å²) in [7, 11) is 0. The average molecular weight is 272 g/mol. The summed E-state index contributed by atoms with van der Waals surface area (Å²) in [4.78, 5) is 0. The molecule has 1 unspecified atom stereocenters. The lowest BCUT2D eigenvalue weighted by molar-refractivity contribution is -0.137. The maximum atomic E-state index is 12.5. The third kappa shape index (κ3) is 3.86. The molecule has 1 atom stereocenters. The van der Waals surface area contributed by atoms with Crippen LogP contribution in [0.4, 0.5) is 18.9 Å². The van der Waals surface area contributed by atoms with Crippen LogP contribution in [0, 0.1) is 11.3 Å². The molecule has 0 aliphatic rings. The van der Waals surface area contributed by atoms with Crippen LogP contribution in [0.25, 0.3) is 0 Å². The Morgan fingerprint density at radius 2 is 1.89 bits per heavy atom. The van der Waals surface area contributed by atoms with Gasteiger partial charge in [-0.2, -0.15) is 18.4 Å². The molecule has 0 aliphatic carbocycles. The highest BCUT2D eigenvalue weighted by Crippen LogP contribution is 2.32. The number of rotatable bonds is 3. The second-order valence-corrected chi connectivity index (χ2v) is 4.89. The highest BCUT2D eigenvalue weighted by atomic mass is 19.4. The number of benzene rings is 1. The van der Waals surface area contributed by atoms with E-state index in [4.69, 9.17) is 5.26 Å². The van der Waals surface area contributed by atoms with E-state index in [0.717, 1.165) is 12.1 Å². The Morgan fingerprint density at radius 1 is 1.32 bits per heavy atom. The summed E-state index contributed by atoms with van der Waals surface area (Å²) in [6, 6.07) is 4.19. The number of anilines is 1. The summed E-state index contributed by atoms with van der Waals surface area (Å²) in [5, 5.41) is 21.5. The second kappa shape index (κ2) is 5.10. The van der Waals surface area contributed by atoms with E-state index in [-0.39, 0.29) is 11.3 Å². The van der Waals surface area contributed by atoms with Gasteiger partial charge in [0.15, 0.2) is 0 Å². The quantitative estimate of drug-likeness (QED) is 0.888. The molecule has 0 aliphatic heterocycles. The molecule has 104 valence electrons. The minimum atomic E-state index is -4.48. The standard InChI is InChI=1S/C13H15F3N2O/c1-8(12(2,3)19)18-11-5-4-10(13(14,15)16)6-9(11)7-17/h4-6,8,18-19H,1-3H3. The van der Waals surface area contributed by atoms with E-state index in [2.05, 4.69) is 5.32 Å². The maximum Gasteiger partial charge on any atom is 0.416 e. The Kier molecular flexibility index (Phi) is 4.11. The van der Waals surface area contributed by atoms with Gasteiger partial charge in [-0.3, -0.25) is 0 Å². The number of nitrogens with zero attached hydrogens (tertiary/aromatic N) is 1. The molecule has 1 rings (SSSR count). The van der Waals surface area contributed by atoms with Gasteiger partial charge in [0, 0.05) is 0 Å². The second-order valence-electron chi connectivity index (χ2n) is 4.89. The van der Waals surface area contributed by atoms with E-state index in [1.165, 1.54) is 6.07 Å². The molecule has 0 saturated heterocycles. The zero-order valence-electron chi connectivity index (χ0n) is 10.8. The molecular formula is C13H15F3N2O. The van der Waals surface area contributed by atoms with Gasteiger partial charge in [0.1, 0.15) is 6.07 Å². The van der Waals surface area contributed by atoms with Gasteiger partial charge in [-0.25, -0.2) is 0 Å². The number of nitrogens with one attached hydrogen (secondary N) is 1. The van der Waals surface area contributed by atoms with E-state index in [1.54, 1.807) is 26.8 Å². The summed E-state index contributed by atoms with van der Waals surface area (Å²) >= 11 is 0. The Hall–Kier alpha value is -1.74. The van der Waals surface area contributed by atoms with Gasteiger partial charge in [-0.1, -0.05) is 0 Å². The lowest BCUT2D eigenvalue weighted by Gasteiger charge is -2.28. The molecule has 0 aromatic heterocycles.